The highest BCUT2D eigenvalue weighted by Crippen LogP contribution is 2.32. The minimum atomic E-state index is -4.36. The van der Waals surface area contributed by atoms with Crippen LogP contribution in [0.4, 0.5) is 13.2 Å². The molecule has 192 valence electrons. The second-order valence-corrected chi connectivity index (χ2v) is 9.19. The number of alkyl halides is 3. The van der Waals surface area contributed by atoms with Gasteiger partial charge in [-0.15, -0.1) is 0 Å². The second kappa shape index (κ2) is 11.8. The number of likely N-dealkylation sites (tertiary alicyclic amines) is 1. The Morgan fingerprint density at radius 1 is 1.08 bits per heavy atom. The third-order valence-corrected chi connectivity index (χ3v) is 6.50. The first kappa shape index (κ1) is 26.0. The first-order chi connectivity index (χ1) is 17.3. The van der Waals surface area contributed by atoms with Crippen LogP contribution in [-0.4, -0.2) is 66.2 Å². The number of benzene rings is 2. The maximum absolute atomic E-state index is 13.0. The quantitative estimate of drug-likeness (QED) is 0.526. The number of ether oxygens (including phenoxy) is 1. The molecule has 0 spiro atoms. The lowest BCUT2D eigenvalue weighted by atomic mass is 9.97. The van der Waals surface area contributed by atoms with Crippen LogP contribution in [0.15, 0.2) is 60.7 Å². The summed E-state index contributed by atoms with van der Waals surface area (Å²) in [6, 6.07) is 12.8. The van der Waals surface area contributed by atoms with Gasteiger partial charge in [-0.25, -0.2) is 0 Å². The summed E-state index contributed by atoms with van der Waals surface area (Å²) in [5.41, 5.74) is 1.59. The van der Waals surface area contributed by atoms with Crippen LogP contribution in [0.2, 0.25) is 0 Å². The van der Waals surface area contributed by atoms with Gasteiger partial charge in [0, 0.05) is 44.4 Å². The summed E-state index contributed by atoms with van der Waals surface area (Å²) in [7, 11) is 0. The van der Waals surface area contributed by atoms with E-state index in [1.165, 1.54) is 12.1 Å². The smallest absolute Gasteiger partial charge is 0.416 e. The molecular formula is C28H31F3N2O3. The molecule has 0 radical (unpaired) electrons. The highest BCUT2D eigenvalue weighted by molar-refractivity contribution is 5.92. The summed E-state index contributed by atoms with van der Waals surface area (Å²) in [6.45, 7) is 3.24. The number of para-hydroxylation sites is 1. The van der Waals surface area contributed by atoms with Gasteiger partial charge in [-0.05, 0) is 54.7 Å². The molecule has 5 nitrogen and oxygen atoms in total. The largest absolute Gasteiger partial charge is 0.490 e. The average molecular weight is 501 g/mol. The minimum Gasteiger partial charge on any atom is -0.490 e. The molecule has 8 heteroatoms. The van der Waals surface area contributed by atoms with Gasteiger partial charge in [0.05, 0.1) is 5.56 Å². The summed E-state index contributed by atoms with van der Waals surface area (Å²) in [4.78, 5) is 16.2. The second-order valence-electron chi connectivity index (χ2n) is 9.19. The van der Waals surface area contributed by atoms with Gasteiger partial charge in [-0.2, -0.15) is 13.2 Å². The number of aliphatic hydroxyl groups is 1. The van der Waals surface area contributed by atoms with E-state index in [1.807, 2.05) is 34.1 Å². The van der Waals surface area contributed by atoms with Crippen LogP contribution in [-0.2, 0) is 11.0 Å². The van der Waals surface area contributed by atoms with E-state index >= 15 is 0 Å². The molecule has 2 aliphatic rings. The molecule has 1 fully saturated rings. The lowest BCUT2D eigenvalue weighted by Crippen LogP contribution is -2.38. The zero-order valence-electron chi connectivity index (χ0n) is 20.1. The van der Waals surface area contributed by atoms with Crippen molar-refractivity contribution in [2.24, 2.45) is 0 Å². The number of carbonyl (C=O) groups is 1. The van der Waals surface area contributed by atoms with E-state index < -0.39 is 17.8 Å². The van der Waals surface area contributed by atoms with E-state index in [1.54, 1.807) is 24.3 Å². The van der Waals surface area contributed by atoms with Crippen molar-refractivity contribution in [1.29, 1.82) is 0 Å². The molecule has 2 aromatic carbocycles. The Balaban J connectivity index is 1.28. The van der Waals surface area contributed by atoms with E-state index in [-0.39, 0.29) is 12.5 Å². The van der Waals surface area contributed by atoms with Crippen molar-refractivity contribution < 1.29 is 27.8 Å². The van der Waals surface area contributed by atoms with E-state index in [0.29, 0.717) is 37.4 Å². The maximum atomic E-state index is 13.0. The Morgan fingerprint density at radius 2 is 1.86 bits per heavy atom. The zero-order valence-corrected chi connectivity index (χ0v) is 20.1. The molecule has 1 amide bonds. The normalized spacial score (nSPS) is 17.9. The van der Waals surface area contributed by atoms with Crippen molar-refractivity contribution in [3.8, 4) is 5.75 Å². The first-order valence-corrected chi connectivity index (χ1v) is 12.3. The lowest BCUT2D eigenvalue weighted by molar-refractivity contribution is -0.137. The van der Waals surface area contributed by atoms with Gasteiger partial charge in [-0.1, -0.05) is 36.4 Å². The molecule has 1 N–H and O–H groups in total. The summed E-state index contributed by atoms with van der Waals surface area (Å²) in [5.74, 6) is 0.581. The fourth-order valence-corrected chi connectivity index (χ4v) is 4.52. The van der Waals surface area contributed by atoms with Crippen molar-refractivity contribution in [3.63, 3.8) is 0 Å². The third kappa shape index (κ3) is 6.98. The van der Waals surface area contributed by atoms with E-state index in [4.69, 9.17) is 4.74 Å². The highest BCUT2D eigenvalue weighted by atomic mass is 19.4. The monoisotopic (exact) mass is 500 g/mol. The van der Waals surface area contributed by atoms with Crippen molar-refractivity contribution >= 4 is 17.6 Å². The molecule has 1 unspecified atom stereocenters. The molecule has 0 aliphatic carbocycles. The van der Waals surface area contributed by atoms with Crippen LogP contribution < -0.4 is 4.74 Å². The molecule has 2 aliphatic heterocycles. The molecule has 0 saturated carbocycles. The van der Waals surface area contributed by atoms with Gasteiger partial charge in [0.2, 0.25) is 5.91 Å². The minimum absolute atomic E-state index is 0.00927. The molecule has 36 heavy (non-hydrogen) atoms. The van der Waals surface area contributed by atoms with Crippen LogP contribution in [0.25, 0.3) is 11.6 Å². The van der Waals surface area contributed by atoms with Crippen molar-refractivity contribution in [1.82, 2.24) is 9.80 Å². The zero-order chi connectivity index (χ0) is 25.5. The molecule has 2 heterocycles. The number of carbonyl (C=O) groups excluding carboxylic acids is 1. The predicted octanol–water partition coefficient (Wildman–Crippen LogP) is 4.87. The Labute approximate surface area is 209 Å². The number of halogens is 3. The van der Waals surface area contributed by atoms with E-state index in [2.05, 4.69) is 0 Å². The molecule has 0 aromatic heterocycles. The van der Waals surface area contributed by atoms with Crippen molar-refractivity contribution in [3.05, 3.63) is 77.4 Å². The summed E-state index contributed by atoms with van der Waals surface area (Å²) < 4.78 is 44.9. The Morgan fingerprint density at radius 3 is 2.58 bits per heavy atom. The maximum Gasteiger partial charge on any atom is 0.416 e. The number of nitrogens with zero attached hydrogens (tertiary/aromatic N) is 2. The predicted molar refractivity (Wildman–Crippen MR) is 133 cm³/mol. The topological polar surface area (TPSA) is 53.0 Å². The van der Waals surface area contributed by atoms with Gasteiger partial charge in [-0.3, -0.25) is 9.69 Å². The Bertz CT molecular complexity index is 1110. The van der Waals surface area contributed by atoms with Gasteiger partial charge >= 0.3 is 6.18 Å². The van der Waals surface area contributed by atoms with E-state index in [0.717, 1.165) is 43.1 Å². The molecule has 1 atom stereocenters. The summed E-state index contributed by atoms with van der Waals surface area (Å²) in [5, 5.41) is 10.5. The molecular weight excluding hydrogens is 469 g/mol. The van der Waals surface area contributed by atoms with Gasteiger partial charge in [0.25, 0.3) is 0 Å². The van der Waals surface area contributed by atoms with Crippen LogP contribution in [0, 0.1) is 0 Å². The standard InChI is InChI=1S/C28H31F3N2O3/c29-28(30,31)24-8-5-7-23(18-24)21-12-16-32(17-13-21)19-25(34)20-36-26-9-2-1-6-22(26)10-11-27(35)33-14-3-4-15-33/h1-2,5-12,18,25,34H,3-4,13-17,19-20H2. The molecule has 0 bridgehead atoms. The lowest BCUT2D eigenvalue weighted by Gasteiger charge is -2.28. The highest BCUT2D eigenvalue weighted by Gasteiger charge is 2.30. The Kier molecular flexibility index (Phi) is 8.48. The fraction of sp³-hybridized carbons (Fsp3) is 0.393. The summed E-state index contributed by atoms with van der Waals surface area (Å²) in [6.07, 6.45) is 2.81. The average Bonchev–Trinajstić information content (AvgIpc) is 3.42. The first-order valence-electron chi connectivity index (χ1n) is 12.3. The SMILES string of the molecule is O=C(C=Cc1ccccc1OCC(O)CN1CC=C(c2cccc(C(F)(F)F)c2)CC1)N1CCCC1. The third-order valence-electron chi connectivity index (χ3n) is 6.50. The number of rotatable bonds is 8. The Hall–Kier alpha value is -3.10. The van der Waals surface area contributed by atoms with Gasteiger partial charge < -0.3 is 14.7 Å². The number of hydrogen-bond donors (Lipinski definition) is 1. The van der Waals surface area contributed by atoms with E-state index in [9.17, 15) is 23.1 Å². The fourth-order valence-electron chi connectivity index (χ4n) is 4.52. The van der Waals surface area contributed by atoms with Crippen LogP contribution in [0.3, 0.4) is 0 Å². The summed E-state index contributed by atoms with van der Waals surface area (Å²) >= 11 is 0. The number of aliphatic hydroxyl groups excluding tert-OH is 1. The molecule has 4 rings (SSSR count). The van der Waals surface area contributed by atoms with Crippen LogP contribution in [0.5, 0.6) is 5.75 Å². The van der Waals surface area contributed by atoms with Gasteiger partial charge in [0.15, 0.2) is 0 Å². The van der Waals surface area contributed by atoms with Crippen LogP contribution in [0.1, 0.15) is 36.0 Å². The number of amides is 1. The van der Waals surface area contributed by atoms with Gasteiger partial charge in [0.1, 0.15) is 18.5 Å². The molecule has 1 saturated heterocycles. The van der Waals surface area contributed by atoms with Crippen molar-refractivity contribution in [2.45, 2.75) is 31.5 Å². The van der Waals surface area contributed by atoms with Crippen molar-refractivity contribution in [2.75, 3.05) is 39.3 Å². The number of hydrogen-bond acceptors (Lipinski definition) is 4. The number of β-amino-alcohol motifs (C(OH)–C–C–N with tert-alkyl or cyclic N) is 1. The molecule has 2 aromatic rings. The van der Waals surface area contributed by atoms with Crippen LogP contribution >= 0.6 is 0 Å².